The molecule has 1 aromatic rings. The van der Waals surface area contributed by atoms with Gasteiger partial charge in [0.05, 0.1) is 9.89 Å². The molecule has 6 heteroatoms. The standard InChI is InChI=1S/C11H8BrF3O2/c12-7-8(14)5(4-6(13)9(7)15)11(10(16)17)2-1-3-11/h4H,1-3H2,(H,16,17). The van der Waals surface area contributed by atoms with Gasteiger partial charge < -0.3 is 5.11 Å². The number of carboxylic acid groups (broad SMARTS) is 1. The third kappa shape index (κ3) is 1.66. The van der Waals surface area contributed by atoms with Crippen LogP contribution in [0, 0.1) is 17.5 Å². The zero-order valence-electron chi connectivity index (χ0n) is 8.57. The van der Waals surface area contributed by atoms with Gasteiger partial charge in [0.1, 0.15) is 5.82 Å². The second-order valence-electron chi connectivity index (χ2n) is 4.09. The summed E-state index contributed by atoms with van der Waals surface area (Å²) in [4.78, 5) is 11.2. The van der Waals surface area contributed by atoms with Gasteiger partial charge in [-0.25, -0.2) is 13.2 Å². The van der Waals surface area contributed by atoms with E-state index in [-0.39, 0.29) is 18.4 Å². The van der Waals surface area contributed by atoms with Crippen LogP contribution in [0.3, 0.4) is 0 Å². The number of carbonyl (C=O) groups is 1. The van der Waals surface area contributed by atoms with Crippen molar-refractivity contribution in [2.75, 3.05) is 0 Å². The Balaban J connectivity index is 2.64. The number of rotatable bonds is 2. The van der Waals surface area contributed by atoms with Crippen LogP contribution in [0.15, 0.2) is 10.5 Å². The van der Waals surface area contributed by atoms with Crippen LogP contribution in [-0.4, -0.2) is 11.1 Å². The molecule has 17 heavy (non-hydrogen) atoms. The van der Waals surface area contributed by atoms with Gasteiger partial charge in [0, 0.05) is 5.56 Å². The molecule has 0 saturated heterocycles. The molecular formula is C11H8BrF3O2. The highest BCUT2D eigenvalue weighted by atomic mass is 79.9. The van der Waals surface area contributed by atoms with Gasteiger partial charge >= 0.3 is 5.97 Å². The fraction of sp³-hybridized carbons (Fsp3) is 0.364. The second-order valence-corrected chi connectivity index (χ2v) is 4.88. The Morgan fingerprint density at radius 1 is 1.29 bits per heavy atom. The molecule has 1 aliphatic rings. The first-order valence-corrected chi connectivity index (χ1v) is 5.76. The molecule has 1 aliphatic carbocycles. The lowest BCUT2D eigenvalue weighted by molar-refractivity contribution is -0.147. The van der Waals surface area contributed by atoms with E-state index in [1.165, 1.54) is 0 Å². The van der Waals surface area contributed by atoms with E-state index in [4.69, 9.17) is 5.11 Å². The van der Waals surface area contributed by atoms with Crippen molar-refractivity contribution in [1.29, 1.82) is 0 Å². The summed E-state index contributed by atoms with van der Waals surface area (Å²) in [5.41, 5.74) is -1.71. The molecule has 2 rings (SSSR count). The van der Waals surface area contributed by atoms with Crippen molar-refractivity contribution in [3.05, 3.63) is 33.6 Å². The zero-order valence-corrected chi connectivity index (χ0v) is 10.2. The highest BCUT2D eigenvalue weighted by Crippen LogP contribution is 2.46. The summed E-state index contributed by atoms with van der Waals surface area (Å²) < 4.78 is 39.4. The molecule has 0 aromatic heterocycles. The topological polar surface area (TPSA) is 37.3 Å². The van der Waals surface area contributed by atoms with Crippen LogP contribution in [0.1, 0.15) is 24.8 Å². The molecule has 2 nitrogen and oxygen atoms in total. The van der Waals surface area contributed by atoms with E-state index in [9.17, 15) is 18.0 Å². The smallest absolute Gasteiger partial charge is 0.314 e. The molecule has 1 aromatic carbocycles. The number of aliphatic carboxylic acids is 1. The Morgan fingerprint density at radius 3 is 2.29 bits per heavy atom. The predicted octanol–water partition coefficient (Wildman–Crippen LogP) is 3.37. The van der Waals surface area contributed by atoms with Crippen LogP contribution in [0.4, 0.5) is 13.2 Å². The van der Waals surface area contributed by atoms with E-state index in [2.05, 4.69) is 15.9 Å². The number of halogens is 4. The van der Waals surface area contributed by atoms with Crippen molar-refractivity contribution in [2.45, 2.75) is 24.7 Å². The quantitative estimate of drug-likeness (QED) is 0.672. The first-order valence-electron chi connectivity index (χ1n) is 4.97. The molecule has 1 N–H and O–H groups in total. The van der Waals surface area contributed by atoms with E-state index < -0.39 is 33.3 Å². The predicted molar refractivity (Wildman–Crippen MR) is 57.2 cm³/mol. The van der Waals surface area contributed by atoms with Crippen molar-refractivity contribution in [2.24, 2.45) is 0 Å². The normalized spacial score (nSPS) is 17.6. The maximum atomic E-state index is 13.8. The molecule has 1 fully saturated rings. The fourth-order valence-corrected chi connectivity index (χ4v) is 2.45. The summed E-state index contributed by atoms with van der Waals surface area (Å²) >= 11 is 2.59. The second kappa shape index (κ2) is 4.01. The summed E-state index contributed by atoms with van der Waals surface area (Å²) in [5.74, 6) is -4.83. The van der Waals surface area contributed by atoms with E-state index in [1.54, 1.807) is 0 Å². The number of benzene rings is 1. The minimum absolute atomic E-state index is 0.233. The van der Waals surface area contributed by atoms with E-state index in [1.807, 2.05) is 0 Å². The summed E-state index contributed by atoms with van der Waals surface area (Å²) in [5, 5.41) is 9.11. The van der Waals surface area contributed by atoms with Crippen LogP contribution >= 0.6 is 15.9 Å². The van der Waals surface area contributed by atoms with Crippen molar-refractivity contribution in [3.8, 4) is 0 Å². The van der Waals surface area contributed by atoms with Gasteiger partial charge in [0.15, 0.2) is 11.6 Å². The summed E-state index contributed by atoms with van der Waals surface area (Å²) in [6, 6.07) is 0.642. The Kier molecular flexibility index (Phi) is 2.93. The minimum Gasteiger partial charge on any atom is -0.481 e. The van der Waals surface area contributed by atoms with E-state index >= 15 is 0 Å². The Hall–Kier alpha value is -1.04. The molecule has 0 spiro atoms. The molecule has 0 bridgehead atoms. The van der Waals surface area contributed by atoms with Crippen LogP contribution in [0.25, 0.3) is 0 Å². The van der Waals surface area contributed by atoms with Crippen LogP contribution in [0.5, 0.6) is 0 Å². The third-order valence-corrected chi connectivity index (χ3v) is 3.93. The lowest BCUT2D eigenvalue weighted by atomic mass is 9.64. The van der Waals surface area contributed by atoms with Gasteiger partial charge in [0.25, 0.3) is 0 Å². The number of carboxylic acids is 1. The van der Waals surface area contributed by atoms with Crippen LogP contribution in [0.2, 0.25) is 0 Å². The average molecular weight is 309 g/mol. The van der Waals surface area contributed by atoms with Crippen molar-refractivity contribution >= 4 is 21.9 Å². The SMILES string of the molecule is O=C(O)C1(c2cc(F)c(F)c(Br)c2F)CCC1. The minimum atomic E-state index is -1.42. The lowest BCUT2D eigenvalue weighted by Crippen LogP contribution is -2.43. The molecule has 0 radical (unpaired) electrons. The Labute approximate surface area is 104 Å². The maximum absolute atomic E-state index is 13.8. The molecular weight excluding hydrogens is 301 g/mol. The highest BCUT2D eigenvalue weighted by molar-refractivity contribution is 9.10. The third-order valence-electron chi connectivity index (χ3n) is 3.23. The fourth-order valence-electron chi connectivity index (χ4n) is 2.05. The molecule has 92 valence electrons. The van der Waals surface area contributed by atoms with Crippen molar-refractivity contribution in [1.82, 2.24) is 0 Å². The largest absolute Gasteiger partial charge is 0.481 e. The zero-order chi connectivity index (χ0) is 12.8. The van der Waals surface area contributed by atoms with Gasteiger partial charge in [-0.05, 0) is 34.8 Å². The van der Waals surface area contributed by atoms with Gasteiger partial charge in [-0.15, -0.1) is 0 Å². The Bertz CT molecular complexity index is 498. The maximum Gasteiger partial charge on any atom is 0.314 e. The number of hydrogen-bond acceptors (Lipinski definition) is 1. The first kappa shape index (κ1) is 12.4. The van der Waals surface area contributed by atoms with Gasteiger partial charge in [0.2, 0.25) is 0 Å². The number of hydrogen-bond donors (Lipinski definition) is 1. The molecule has 1 saturated carbocycles. The van der Waals surface area contributed by atoms with E-state index in [0.717, 1.165) is 0 Å². The summed E-state index contributed by atoms with van der Waals surface area (Å²) in [6.45, 7) is 0. The average Bonchev–Trinajstić information content (AvgIpc) is 2.20. The first-order chi connectivity index (χ1) is 7.90. The molecule has 0 unspecified atom stereocenters. The van der Waals surface area contributed by atoms with E-state index in [0.29, 0.717) is 12.5 Å². The van der Waals surface area contributed by atoms with Crippen LogP contribution in [-0.2, 0) is 10.2 Å². The summed E-state index contributed by atoms with van der Waals surface area (Å²) in [6.07, 6.45) is 1.09. The molecule has 0 aliphatic heterocycles. The molecule has 0 amide bonds. The summed E-state index contributed by atoms with van der Waals surface area (Å²) in [7, 11) is 0. The molecule has 0 atom stereocenters. The Morgan fingerprint density at radius 2 is 1.88 bits per heavy atom. The van der Waals surface area contributed by atoms with Crippen molar-refractivity contribution in [3.63, 3.8) is 0 Å². The van der Waals surface area contributed by atoms with Crippen molar-refractivity contribution < 1.29 is 23.1 Å². The highest BCUT2D eigenvalue weighted by Gasteiger charge is 2.48. The van der Waals surface area contributed by atoms with Gasteiger partial charge in [-0.3, -0.25) is 4.79 Å². The van der Waals surface area contributed by atoms with Gasteiger partial charge in [-0.1, -0.05) is 6.42 Å². The van der Waals surface area contributed by atoms with Gasteiger partial charge in [-0.2, -0.15) is 0 Å². The monoisotopic (exact) mass is 308 g/mol. The molecule has 0 heterocycles. The van der Waals surface area contributed by atoms with Crippen LogP contribution < -0.4 is 0 Å². The lowest BCUT2D eigenvalue weighted by Gasteiger charge is -2.38.